The lowest BCUT2D eigenvalue weighted by molar-refractivity contribution is 0.102. The van der Waals surface area contributed by atoms with Crippen LogP contribution in [0.5, 0.6) is 0 Å². The minimum Gasteiger partial charge on any atom is -0.464 e. The highest BCUT2D eigenvalue weighted by atomic mass is 19.2. The molecule has 0 aliphatic rings. The highest BCUT2D eigenvalue weighted by molar-refractivity contribution is 6.04. The molecule has 2 aromatic heterocycles. The topological polar surface area (TPSA) is 60.1 Å². The van der Waals surface area contributed by atoms with Crippen LogP contribution in [-0.4, -0.2) is 15.7 Å². The summed E-state index contributed by atoms with van der Waals surface area (Å²) < 4.78 is 46.7. The monoisotopic (exact) mass is 335 g/mol. The van der Waals surface area contributed by atoms with E-state index in [-0.39, 0.29) is 12.4 Å². The van der Waals surface area contributed by atoms with E-state index in [0.29, 0.717) is 17.9 Å². The third-order valence-electron chi connectivity index (χ3n) is 3.31. The standard InChI is InChI=1S/C16H12F3N3O2/c1-9-2-3-10(24-9)8-22-15(4-5-20-22)21-16(23)11-6-13(18)14(19)7-12(11)17/h2-7H,8H2,1H3,(H,21,23). The van der Waals surface area contributed by atoms with Gasteiger partial charge in [0.15, 0.2) is 11.6 Å². The zero-order chi connectivity index (χ0) is 17.3. The maximum atomic E-state index is 13.7. The predicted octanol–water partition coefficient (Wildman–Crippen LogP) is 3.50. The van der Waals surface area contributed by atoms with Gasteiger partial charge in [-0.05, 0) is 25.1 Å². The predicted molar refractivity (Wildman–Crippen MR) is 79.0 cm³/mol. The second kappa shape index (κ2) is 6.23. The summed E-state index contributed by atoms with van der Waals surface area (Å²) in [6, 6.07) is 5.88. The Labute approximate surface area is 134 Å². The van der Waals surface area contributed by atoms with Crippen LogP contribution < -0.4 is 5.32 Å². The molecule has 0 saturated carbocycles. The average Bonchev–Trinajstić information content (AvgIpc) is 3.13. The van der Waals surface area contributed by atoms with Gasteiger partial charge < -0.3 is 9.73 Å². The van der Waals surface area contributed by atoms with Gasteiger partial charge in [-0.1, -0.05) is 0 Å². The third kappa shape index (κ3) is 3.17. The Balaban J connectivity index is 1.81. The lowest BCUT2D eigenvalue weighted by atomic mass is 10.2. The Morgan fingerprint density at radius 1 is 1.17 bits per heavy atom. The van der Waals surface area contributed by atoms with Crippen LogP contribution in [0.4, 0.5) is 19.0 Å². The molecule has 3 rings (SSSR count). The number of hydrogen-bond acceptors (Lipinski definition) is 3. The molecule has 0 radical (unpaired) electrons. The molecule has 0 aliphatic carbocycles. The molecule has 0 aliphatic heterocycles. The van der Waals surface area contributed by atoms with Gasteiger partial charge in [0.05, 0.1) is 11.8 Å². The first-order chi connectivity index (χ1) is 11.4. The molecule has 1 amide bonds. The molecule has 24 heavy (non-hydrogen) atoms. The molecule has 0 spiro atoms. The van der Waals surface area contributed by atoms with Gasteiger partial charge in [-0.3, -0.25) is 4.79 Å². The van der Waals surface area contributed by atoms with E-state index in [4.69, 9.17) is 4.42 Å². The van der Waals surface area contributed by atoms with Crippen LogP contribution in [-0.2, 0) is 6.54 Å². The molecule has 124 valence electrons. The molecule has 0 fully saturated rings. The maximum Gasteiger partial charge on any atom is 0.259 e. The summed E-state index contributed by atoms with van der Waals surface area (Å²) in [4.78, 5) is 12.1. The van der Waals surface area contributed by atoms with E-state index < -0.39 is 28.9 Å². The third-order valence-corrected chi connectivity index (χ3v) is 3.31. The van der Waals surface area contributed by atoms with Gasteiger partial charge in [0, 0.05) is 12.1 Å². The number of anilines is 1. The van der Waals surface area contributed by atoms with Gasteiger partial charge in [-0.2, -0.15) is 5.10 Å². The van der Waals surface area contributed by atoms with Crippen molar-refractivity contribution in [1.82, 2.24) is 9.78 Å². The Kier molecular flexibility index (Phi) is 4.11. The number of nitrogens with zero attached hydrogens (tertiary/aromatic N) is 2. The molecule has 0 bridgehead atoms. The molecular formula is C16H12F3N3O2. The molecule has 1 N–H and O–H groups in total. The van der Waals surface area contributed by atoms with E-state index in [1.807, 2.05) is 0 Å². The number of benzene rings is 1. The fourth-order valence-corrected chi connectivity index (χ4v) is 2.16. The summed E-state index contributed by atoms with van der Waals surface area (Å²) in [7, 11) is 0. The zero-order valence-electron chi connectivity index (χ0n) is 12.5. The van der Waals surface area contributed by atoms with Crippen molar-refractivity contribution < 1.29 is 22.4 Å². The van der Waals surface area contributed by atoms with E-state index in [1.54, 1.807) is 19.1 Å². The van der Waals surface area contributed by atoms with E-state index in [2.05, 4.69) is 10.4 Å². The zero-order valence-corrected chi connectivity index (χ0v) is 12.5. The largest absolute Gasteiger partial charge is 0.464 e. The average molecular weight is 335 g/mol. The lowest BCUT2D eigenvalue weighted by Gasteiger charge is -2.09. The van der Waals surface area contributed by atoms with E-state index in [0.717, 1.165) is 5.76 Å². The Bertz CT molecular complexity index is 902. The van der Waals surface area contributed by atoms with Crippen LogP contribution in [0.2, 0.25) is 0 Å². The van der Waals surface area contributed by atoms with Crippen molar-refractivity contribution in [2.24, 2.45) is 0 Å². The first-order valence-corrected chi connectivity index (χ1v) is 6.97. The molecule has 1 aromatic carbocycles. The quantitative estimate of drug-likeness (QED) is 0.742. The van der Waals surface area contributed by atoms with Crippen LogP contribution in [0.25, 0.3) is 0 Å². The summed E-state index contributed by atoms with van der Waals surface area (Å²) in [5.74, 6) is -3.12. The molecule has 2 heterocycles. The number of carbonyl (C=O) groups is 1. The van der Waals surface area contributed by atoms with E-state index in [1.165, 1.54) is 16.9 Å². The van der Waals surface area contributed by atoms with Crippen molar-refractivity contribution in [3.63, 3.8) is 0 Å². The number of furan rings is 1. The second-order valence-electron chi connectivity index (χ2n) is 5.09. The van der Waals surface area contributed by atoms with E-state index >= 15 is 0 Å². The SMILES string of the molecule is Cc1ccc(Cn2nccc2NC(=O)c2cc(F)c(F)cc2F)o1. The van der Waals surface area contributed by atoms with Gasteiger partial charge in [-0.15, -0.1) is 0 Å². The summed E-state index contributed by atoms with van der Waals surface area (Å²) in [6.07, 6.45) is 1.44. The highest BCUT2D eigenvalue weighted by Crippen LogP contribution is 2.17. The second-order valence-corrected chi connectivity index (χ2v) is 5.09. The van der Waals surface area contributed by atoms with Crippen molar-refractivity contribution in [2.45, 2.75) is 13.5 Å². The van der Waals surface area contributed by atoms with Crippen LogP contribution in [0.3, 0.4) is 0 Å². The maximum absolute atomic E-state index is 13.7. The Morgan fingerprint density at radius 2 is 1.92 bits per heavy atom. The molecule has 8 heteroatoms. The summed E-state index contributed by atoms with van der Waals surface area (Å²) in [5.41, 5.74) is -0.601. The number of carbonyl (C=O) groups excluding carboxylic acids is 1. The van der Waals surface area contributed by atoms with Crippen LogP contribution in [0.1, 0.15) is 21.9 Å². The number of halogens is 3. The number of amides is 1. The van der Waals surface area contributed by atoms with Gasteiger partial charge in [-0.25, -0.2) is 17.9 Å². The lowest BCUT2D eigenvalue weighted by Crippen LogP contribution is -2.18. The minimum absolute atomic E-state index is 0.247. The highest BCUT2D eigenvalue weighted by Gasteiger charge is 2.18. The van der Waals surface area contributed by atoms with Gasteiger partial charge >= 0.3 is 0 Å². The first kappa shape index (κ1) is 15.9. The van der Waals surface area contributed by atoms with Crippen LogP contribution in [0.15, 0.2) is 40.9 Å². The molecular weight excluding hydrogens is 323 g/mol. The normalized spacial score (nSPS) is 10.8. The van der Waals surface area contributed by atoms with Gasteiger partial charge in [0.2, 0.25) is 0 Å². The number of nitrogens with one attached hydrogen (secondary N) is 1. The number of hydrogen-bond donors (Lipinski definition) is 1. The van der Waals surface area contributed by atoms with Crippen LogP contribution in [0, 0.1) is 24.4 Å². The Morgan fingerprint density at radius 3 is 2.62 bits per heavy atom. The van der Waals surface area contributed by atoms with Crippen molar-refractivity contribution in [1.29, 1.82) is 0 Å². The van der Waals surface area contributed by atoms with Gasteiger partial charge in [0.1, 0.15) is 29.7 Å². The van der Waals surface area contributed by atoms with Crippen LogP contribution >= 0.6 is 0 Å². The number of aryl methyl sites for hydroxylation is 1. The summed E-state index contributed by atoms with van der Waals surface area (Å²) in [6.45, 7) is 2.04. The number of rotatable bonds is 4. The summed E-state index contributed by atoms with van der Waals surface area (Å²) in [5, 5.41) is 6.45. The minimum atomic E-state index is -1.36. The van der Waals surface area contributed by atoms with Crippen molar-refractivity contribution in [2.75, 3.05) is 5.32 Å². The summed E-state index contributed by atoms with van der Waals surface area (Å²) >= 11 is 0. The molecule has 0 atom stereocenters. The van der Waals surface area contributed by atoms with Crippen molar-refractivity contribution >= 4 is 11.7 Å². The fraction of sp³-hybridized carbons (Fsp3) is 0.125. The number of aromatic nitrogens is 2. The molecule has 0 unspecified atom stereocenters. The molecule has 3 aromatic rings. The fourth-order valence-electron chi connectivity index (χ4n) is 2.16. The molecule has 5 nitrogen and oxygen atoms in total. The first-order valence-electron chi connectivity index (χ1n) is 6.97. The van der Waals surface area contributed by atoms with Crippen molar-refractivity contribution in [3.8, 4) is 0 Å². The van der Waals surface area contributed by atoms with Gasteiger partial charge in [0.25, 0.3) is 5.91 Å². The molecule has 0 saturated heterocycles. The van der Waals surface area contributed by atoms with Crippen molar-refractivity contribution in [3.05, 3.63) is 71.1 Å². The van der Waals surface area contributed by atoms with E-state index in [9.17, 15) is 18.0 Å². The smallest absolute Gasteiger partial charge is 0.259 e. The Hall–Kier alpha value is -3.03.